The van der Waals surface area contributed by atoms with E-state index in [9.17, 15) is 0 Å². The summed E-state index contributed by atoms with van der Waals surface area (Å²) in [6, 6.07) is 6.39. The van der Waals surface area contributed by atoms with E-state index in [2.05, 4.69) is 53.5 Å². The maximum absolute atomic E-state index is 4.67. The Kier molecular flexibility index (Phi) is 5.85. The second kappa shape index (κ2) is 7.64. The van der Waals surface area contributed by atoms with Gasteiger partial charge in [0.25, 0.3) is 0 Å². The first kappa shape index (κ1) is 16.1. The van der Waals surface area contributed by atoms with E-state index in [1.54, 1.807) is 17.5 Å². The van der Waals surface area contributed by atoms with E-state index in [1.165, 1.54) is 0 Å². The fraction of sp³-hybridized carbons (Fsp3) is 0.500. The maximum Gasteiger partial charge on any atom is 0.142 e. The number of aromatic nitrogens is 2. The van der Waals surface area contributed by atoms with E-state index < -0.39 is 0 Å². The van der Waals surface area contributed by atoms with Crippen LogP contribution in [0.2, 0.25) is 0 Å². The summed E-state index contributed by atoms with van der Waals surface area (Å²) in [4.78, 5) is 11.2. The summed E-state index contributed by atoms with van der Waals surface area (Å²) in [5.41, 5.74) is 2.03. The molecule has 1 unspecified atom stereocenters. The Bertz CT molecular complexity index is 536. The highest BCUT2D eigenvalue weighted by atomic mass is 32.1. The lowest BCUT2D eigenvalue weighted by molar-refractivity contribution is 0.287. The normalized spacial score (nSPS) is 13.0. The molecule has 2 aromatic rings. The third kappa shape index (κ3) is 4.88. The van der Waals surface area contributed by atoms with Gasteiger partial charge in [0.2, 0.25) is 0 Å². The van der Waals surface area contributed by atoms with Crippen LogP contribution in [0.5, 0.6) is 0 Å². The van der Waals surface area contributed by atoms with Gasteiger partial charge in [-0.1, -0.05) is 19.9 Å². The van der Waals surface area contributed by atoms with Crippen LogP contribution in [-0.4, -0.2) is 41.5 Å². The van der Waals surface area contributed by atoms with E-state index >= 15 is 0 Å². The molecule has 5 heteroatoms. The van der Waals surface area contributed by atoms with Crippen molar-refractivity contribution in [1.82, 2.24) is 20.2 Å². The Morgan fingerprint density at radius 1 is 1.29 bits per heavy atom. The molecule has 0 saturated carbocycles. The quantitative estimate of drug-likeness (QED) is 0.854. The van der Waals surface area contributed by atoms with Crippen molar-refractivity contribution in [3.8, 4) is 10.7 Å². The minimum atomic E-state index is 0.472. The number of hydrogen-bond acceptors (Lipinski definition) is 5. The van der Waals surface area contributed by atoms with Crippen LogP contribution in [0, 0.1) is 5.92 Å². The Morgan fingerprint density at radius 2 is 2.10 bits per heavy atom. The molecule has 0 aliphatic carbocycles. The SMILES string of the molecule is CC(C)C(CN(C)C)NCc1csc(-c2ccccn2)n1. The van der Waals surface area contributed by atoms with Gasteiger partial charge in [0.05, 0.1) is 11.4 Å². The van der Waals surface area contributed by atoms with Gasteiger partial charge in [0, 0.05) is 30.7 Å². The van der Waals surface area contributed by atoms with Gasteiger partial charge in [-0.3, -0.25) is 4.98 Å². The molecule has 0 fully saturated rings. The van der Waals surface area contributed by atoms with E-state index in [0.717, 1.165) is 29.5 Å². The summed E-state index contributed by atoms with van der Waals surface area (Å²) >= 11 is 1.65. The van der Waals surface area contributed by atoms with Crippen molar-refractivity contribution in [3.05, 3.63) is 35.5 Å². The molecule has 0 aliphatic rings. The van der Waals surface area contributed by atoms with Crippen LogP contribution >= 0.6 is 11.3 Å². The topological polar surface area (TPSA) is 41.0 Å². The van der Waals surface area contributed by atoms with Crippen molar-refractivity contribution < 1.29 is 0 Å². The van der Waals surface area contributed by atoms with Crippen molar-refractivity contribution in [2.75, 3.05) is 20.6 Å². The smallest absolute Gasteiger partial charge is 0.142 e. The molecule has 0 spiro atoms. The molecular formula is C16H24N4S. The standard InChI is InChI=1S/C16H24N4S/c1-12(2)15(10-20(3)4)18-9-13-11-21-16(19-13)14-7-5-6-8-17-14/h5-8,11-12,15,18H,9-10H2,1-4H3. The van der Waals surface area contributed by atoms with Gasteiger partial charge >= 0.3 is 0 Å². The highest BCUT2D eigenvalue weighted by molar-refractivity contribution is 7.13. The van der Waals surface area contributed by atoms with Gasteiger partial charge in [-0.25, -0.2) is 4.98 Å². The van der Waals surface area contributed by atoms with Gasteiger partial charge in [-0.05, 0) is 32.1 Å². The molecule has 0 bridgehead atoms. The fourth-order valence-electron chi connectivity index (χ4n) is 2.14. The Balaban J connectivity index is 1.96. The predicted molar refractivity (Wildman–Crippen MR) is 89.4 cm³/mol. The van der Waals surface area contributed by atoms with E-state index in [4.69, 9.17) is 0 Å². The van der Waals surface area contributed by atoms with Crippen molar-refractivity contribution in [1.29, 1.82) is 0 Å². The van der Waals surface area contributed by atoms with Crippen molar-refractivity contribution in [3.63, 3.8) is 0 Å². The van der Waals surface area contributed by atoms with Crippen LogP contribution in [0.15, 0.2) is 29.8 Å². The summed E-state index contributed by atoms with van der Waals surface area (Å²) in [7, 11) is 4.22. The Labute approximate surface area is 131 Å². The van der Waals surface area contributed by atoms with E-state index in [0.29, 0.717) is 12.0 Å². The zero-order valence-corrected chi connectivity index (χ0v) is 14.0. The molecule has 2 aromatic heterocycles. The molecule has 1 N–H and O–H groups in total. The predicted octanol–water partition coefficient (Wildman–Crippen LogP) is 2.88. The Morgan fingerprint density at radius 3 is 2.71 bits per heavy atom. The number of rotatable bonds is 7. The third-order valence-electron chi connectivity index (χ3n) is 3.35. The van der Waals surface area contributed by atoms with Gasteiger partial charge in [0.1, 0.15) is 5.01 Å². The average Bonchev–Trinajstić information content (AvgIpc) is 2.92. The minimum Gasteiger partial charge on any atom is -0.308 e. The number of nitrogens with zero attached hydrogens (tertiary/aromatic N) is 3. The number of thiazole rings is 1. The van der Waals surface area contributed by atoms with Crippen LogP contribution in [0.3, 0.4) is 0 Å². The number of nitrogens with one attached hydrogen (secondary N) is 1. The molecule has 0 saturated heterocycles. The summed E-state index contributed by atoms with van der Waals surface area (Å²) in [5.74, 6) is 0.598. The number of likely N-dealkylation sites (N-methyl/N-ethyl adjacent to an activating group) is 1. The van der Waals surface area contributed by atoms with Crippen LogP contribution < -0.4 is 5.32 Å². The molecule has 114 valence electrons. The lowest BCUT2D eigenvalue weighted by Crippen LogP contribution is -2.41. The molecule has 0 aromatic carbocycles. The highest BCUT2D eigenvalue weighted by Gasteiger charge is 2.14. The van der Waals surface area contributed by atoms with Crippen molar-refractivity contribution in [2.24, 2.45) is 5.92 Å². The van der Waals surface area contributed by atoms with Crippen molar-refractivity contribution in [2.45, 2.75) is 26.4 Å². The molecule has 2 heterocycles. The monoisotopic (exact) mass is 304 g/mol. The second-order valence-electron chi connectivity index (χ2n) is 5.85. The molecule has 2 rings (SSSR count). The third-order valence-corrected chi connectivity index (χ3v) is 4.26. The summed E-state index contributed by atoms with van der Waals surface area (Å²) in [6.07, 6.45) is 1.81. The Hall–Kier alpha value is -1.30. The summed E-state index contributed by atoms with van der Waals surface area (Å²) < 4.78 is 0. The lowest BCUT2D eigenvalue weighted by Gasteiger charge is -2.25. The first-order valence-electron chi connectivity index (χ1n) is 7.30. The van der Waals surface area contributed by atoms with Crippen molar-refractivity contribution >= 4 is 11.3 Å². The first-order chi connectivity index (χ1) is 10.1. The van der Waals surface area contributed by atoms with Crippen LogP contribution in [0.4, 0.5) is 0 Å². The molecule has 1 atom stereocenters. The lowest BCUT2D eigenvalue weighted by atomic mass is 10.0. The van der Waals surface area contributed by atoms with Gasteiger partial charge in [-0.2, -0.15) is 0 Å². The average molecular weight is 304 g/mol. The molecule has 0 radical (unpaired) electrons. The molecule has 4 nitrogen and oxygen atoms in total. The van der Waals surface area contributed by atoms with Crippen LogP contribution in [-0.2, 0) is 6.54 Å². The number of pyridine rings is 1. The summed E-state index contributed by atoms with van der Waals surface area (Å²) in [5, 5.41) is 6.72. The summed E-state index contributed by atoms with van der Waals surface area (Å²) in [6.45, 7) is 6.35. The van der Waals surface area contributed by atoms with Gasteiger partial charge in [0.15, 0.2) is 0 Å². The van der Waals surface area contributed by atoms with Crippen LogP contribution in [0.1, 0.15) is 19.5 Å². The first-order valence-corrected chi connectivity index (χ1v) is 8.18. The number of hydrogen-bond donors (Lipinski definition) is 1. The molecule has 21 heavy (non-hydrogen) atoms. The molecular weight excluding hydrogens is 280 g/mol. The minimum absolute atomic E-state index is 0.472. The van der Waals surface area contributed by atoms with E-state index in [-0.39, 0.29) is 0 Å². The second-order valence-corrected chi connectivity index (χ2v) is 6.71. The van der Waals surface area contributed by atoms with Crippen LogP contribution in [0.25, 0.3) is 10.7 Å². The maximum atomic E-state index is 4.67. The highest BCUT2D eigenvalue weighted by Crippen LogP contribution is 2.21. The fourth-order valence-corrected chi connectivity index (χ4v) is 2.93. The van der Waals surface area contributed by atoms with E-state index in [1.807, 2.05) is 18.2 Å². The van der Waals surface area contributed by atoms with Gasteiger partial charge in [-0.15, -0.1) is 11.3 Å². The zero-order valence-electron chi connectivity index (χ0n) is 13.2. The zero-order chi connectivity index (χ0) is 15.2. The molecule has 0 aliphatic heterocycles. The molecule has 0 amide bonds. The largest absolute Gasteiger partial charge is 0.308 e. The van der Waals surface area contributed by atoms with Gasteiger partial charge < -0.3 is 10.2 Å².